The summed E-state index contributed by atoms with van der Waals surface area (Å²) in [5, 5.41) is 0. The minimum absolute atomic E-state index is 0.204. The van der Waals surface area contributed by atoms with Gasteiger partial charge in [0, 0.05) is 26.7 Å². The van der Waals surface area contributed by atoms with Crippen molar-refractivity contribution in [2.75, 3.05) is 33.3 Å². The van der Waals surface area contributed by atoms with E-state index in [9.17, 15) is 0 Å². The highest BCUT2D eigenvalue weighted by Gasteiger charge is 2.21. The van der Waals surface area contributed by atoms with Crippen molar-refractivity contribution in [3.05, 3.63) is 0 Å². The molecule has 0 amide bonds. The Hall–Kier alpha value is -0.120. The molecule has 0 aromatic rings. The zero-order valence-electron chi connectivity index (χ0n) is 9.54. The van der Waals surface area contributed by atoms with Crippen molar-refractivity contribution in [1.82, 2.24) is 4.90 Å². The number of methoxy groups -OCH3 is 1. The molecule has 0 aromatic carbocycles. The van der Waals surface area contributed by atoms with Crippen molar-refractivity contribution >= 4 is 0 Å². The fourth-order valence-corrected chi connectivity index (χ4v) is 1.91. The molecule has 0 saturated heterocycles. The molecule has 1 rings (SSSR count). The van der Waals surface area contributed by atoms with Gasteiger partial charge in [-0.1, -0.05) is 13.3 Å². The summed E-state index contributed by atoms with van der Waals surface area (Å²) in [7, 11) is 1.74. The van der Waals surface area contributed by atoms with Crippen molar-refractivity contribution in [2.24, 2.45) is 11.7 Å². The Bertz CT molecular complexity index is 144. The quantitative estimate of drug-likeness (QED) is 0.668. The van der Waals surface area contributed by atoms with Crippen LogP contribution in [0.5, 0.6) is 0 Å². The van der Waals surface area contributed by atoms with Crippen molar-refractivity contribution in [3.8, 4) is 0 Å². The minimum atomic E-state index is 0.204. The third-order valence-corrected chi connectivity index (χ3v) is 3.25. The second-order valence-corrected chi connectivity index (χ2v) is 4.24. The van der Waals surface area contributed by atoms with Gasteiger partial charge in [-0.25, -0.2) is 0 Å². The smallest absolute Gasteiger partial charge is 0.0820 e. The zero-order valence-corrected chi connectivity index (χ0v) is 9.54. The molecule has 0 spiro atoms. The lowest BCUT2D eigenvalue weighted by Gasteiger charge is -2.33. The summed E-state index contributed by atoms with van der Waals surface area (Å²) < 4.78 is 5.30. The molecular formula is C11H24N2O. The fraction of sp³-hybridized carbons (Fsp3) is 1.00. The number of nitrogens with zero attached hydrogens (tertiary/aromatic N) is 1. The predicted octanol–water partition coefficient (Wildman–Crippen LogP) is 1.08. The second-order valence-electron chi connectivity index (χ2n) is 4.24. The number of hydrogen-bond acceptors (Lipinski definition) is 3. The van der Waals surface area contributed by atoms with Crippen molar-refractivity contribution < 1.29 is 4.74 Å². The number of ether oxygens (including phenoxy) is 1. The highest BCUT2D eigenvalue weighted by atomic mass is 16.5. The third-order valence-electron chi connectivity index (χ3n) is 3.25. The van der Waals surface area contributed by atoms with Gasteiger partial charge in [-0.05, 0) is 25.3 Å². The van der Waals surface area contributed by atoms with E-state index in [1.54, 1.807) is 7.11 Å². The Kier molecular flexibility index (Phi) is 5.45. The average Bonchev–Trinajstić information content (AvgIpc) is 2.16. The van der Waals surface area contributed by atoms with Crippen LogP contribution in [0.15, 0.2) is 0 Å². The lowest BCUT2D eigenvalue weighted by Crippen LogP contribution is -2.41. The van der Waals surface area contributed by atoms with Gasteiger partial charge in [0.2, 0.25) is 0 Å². The molecule has 3 heteroatoms. The van der Waals surface area contributed by atoms with E-state index in [4.69, 9.17) is 10.5 Å². The summed E-state index contributed by atoms with van der Waals surface area (Å²) in [6, 6.07) is 0. The maximum atomic E-state index is 5.61. The molecule has 14 heavy (non-hydrogen) atoms. The molecule has 0 radical (unpaired) electrons. The van der Waals surface area contributed by atoms with Gasteiger partial charge in [0.15, 0.2) is 0 Å². The van der Waals surface area contributed by atoms with Crippen LogP contribution in [-0.2, 0) is 4.74 Å². The first-order valence-corrected chi connectivity index (χ1v) is 5.75. The van der Waals surface area contributed by atoms with Crippen LogP contribution in [0.2, 0.25) is 0 Å². The molecule has 0 heterocycles. The average molecular weight is 200 g/mol. The monoisotopic (exact) mass is 200 g/mol. The molecule has 1 saturated carbocycles. The highest BCUT2D eigenvalue weighted by molar-refractivity contribution is 4.75. The van der Waals surface area contributed by atoms with E-state index >= 15 is 0 Å². The third kappa shape index (κ3) is 3.56. The maximum absolute atomic E-state index is 5.61. The molecule has 1 aliphatic rings. The number of rotatable bonds is 7. The van der Waals surface area contributed by atoms with E-state index in [2.05, 4.69) is 11.8 Å². The van der Waals surface area contributed by atoms with Crippen LogP contribution >= 0.6 is 0 Å². The molecule has 0 aliphatic heterocycles. The SMILES string of the molecule is CCN(CC1CCC1)CC(CN)OC. The summed E-state index contributed by atoms with van der Waals surface area (Å²) in [5.74, 6) is 0.935. The van der Waals surface area contributed by atoms with Gasteiger partial charge in [0.25, 0.3) is 0 Å². The molecule has 84 valence electrons. The number of hydrogen-bond donors (Lipinski definition) is 1. The van der Waals surface area contributed by atoms with Crippen LogP contribution in [0.1, 0.15) is 26.2 Å². The summed E-state index contributed by atoms with van der Waals surface area (Å²) in [5.41, 5.74) is 5.61. The predicted molar refractivity (Wildman–Crippen MR) is 59.3 cm³/mol. The lowest BCUT2D eigenvalue weighted by molar-refractivity contribution is 0.0600. The van der Waals surface area contributed by atoms with E-state index in [-0.39, 0.29) is 6.10 Å². The molecule has 0 bridgehead atoms. The van der Waals surface area contributed by atoms with Gasteiger partial charge in [-0.3, -0.25) is 0 Å². The second kappa shape index (κ2) is 6.38. The van der Waals surface area contributed by atoms with Gasteiger partial charge < -0.3 is 15.4 Å². The fourth-order valence-electron chi connectivity index (χ4n) is 1.91. The number of likely N-dealkylation sites (N-methyl/N-ethyl adjacent to an activating group) is 1. The first-order chi connectivity index (χ1) is 6.80. The van der Waals surface area contributed by atoms with Crippen LogP contribution in [-0.4, -0.2) is 44.3 Å². The molecule has 1 aliphatic carbocycles. The first-order valence-electron chi connectivity index (χ1n) is 5.75. The topological polar surface area (TPSA) is 38.5 Å². The van der Waals surface area contributed by atoms with Crippen molar-refractivity contribution in [2.45, 2.75) is 32.3 Å². The molecule has 1 atom stereocenters. The minimum Gasteiger partial charge on any atom is -0.379 e. The van der Waals surface area contributed by atoms with Crippen LogP contribution in [0.4, 0.5) is 0 Å². The Labute approximate surface area is 87.6 Å². The lowest BCUT2D eigenvalue weighted by atomic mass is 9.85. The zero-order chi connectivity index (χ0) is 10.4. The molecular weight excluding hydrogens is 176 g/mol. The molecule has 1 fully saturated rings. The number of nitrogens with two attached hydrogens (primary N) is 1. The molecule has 1 unspecified atom stereocenters. The van der Waals surface area contributed by atoms with Gasteiger partial charge in [0.1, 0.15) is 0 Å². The maximum Gasteiger partial charge on any atom is 0.0820 e. The van der Waals surface area contributed by atoms with Gasteiger partial charge in [-0.15, -0.1) is 0 Å². The van der Waals surface area contributed by atoms with E-state index in [1.807, 2.05) is 0 Å². The van der Waals surface area contributed by atoms with E-state index in [0.29, 0.717) is 6.54 Å². The molecule has 2 N–H and O–H groups in total. The first kappa shape index (κ1) is 12.0. The largest absolute Gasteiger partial charge is 0.379 e. The normalized spacial score (nSPS) is 19.7. The molecule has 0 aromatic heterocycles. The molecule has 3 nitrogen and oxygen atoms in total. The van der Waals surface area contributed by atoms with E-state index < -0.39 is 0 Å². The summed E-state index contributed by atoms with van der Waals surface area (Å²) >= 11 is 0. The van der Waals surface area contributed by atoms with E-state index in [0.717, 1.165) is 19.0 Å². The van der Waals surface area contributed by atoms with Gasteiger partial charge in [0.05, 0.1) is 6.10 Å². The standard InChI is InChI=1S/C11H24N2O/c1-3-13(8-10-5-4-6-10)9-11(7-12)14-2/h10-11H,3-9,12H2,1-2H3. The van der Waals surface area contributed by atoms with Crippen LogP contribution in [0.3, 0.4) is 0 Å². The Balaban J connectivity index is 2.21. The Morgan fingerprint density at radius 2 is 2.21 bits per heavy atom. The summed E-state index contributed by atoms with van der Waals surface area (Å²) in [6.45, 7) is 6.16. The summed E-state index contributed by atoms with van der Waals surface area (Å²) in [4.78, 5) is 2.46. The Morgan fingerprint density at radius 1 is 1.50 bits per heavy atom. The van der Waals surface area contributed by atoms with Crippen LogP contribution < -0.4 is 5.73 Å². The van der Waals surface area contributed by atoms with Crippen LogP contribution in [0.25, 0.3) is 0 Å². The highest BCUT2D eigenvalue weighted by Crippen LogP contribution is 2.27. The summed E-state index contributed by atoms with van der Waals surface area (Å²) in [6.07, 6.45) is 4.45. The van der Waals surface area contributed by atoms with Gasteiger partial charge >= 0.3 is 0 Å². The van der Waals surface area contributed by atoms with E-state index in [1.165, 1.54) is 25.8 Å². The van der Waals surface area contributed by atoms with Gasteiger partial charge in [-0.2, -0.15) is 0 Å². The van der Waals surface area contributed by atoms with Crippen LogP contribution in [0, 0.1) is 5.92 Å². The Morgan fingerprint density at radius 3 is 2.57 bits per heavy atom. The van der Waals surface area contributed by atoms with Crippen molar-refractivity contribution in [1.29, 1.82) is 0 Å². The van der Waals surface area contributed by atoms with Crippen molar-refractivity contribution in [3.63, 3.8) is 0 Å².